The van der Waals surface area contributed by atoms with Crippen molar-refractivity contribution >= 4 is 17.6 Å². The summed E-state index contributed by atoms with van der Waals surface area (Å²) in [6.07, 6.45) is 4.24. The highest BCUT2D eigenvalue weighted by Gasteiger charge is 2.22. The van der Waals surface area contributed by atoms with Crippen LogP contribution in [-0.2, 0) is 20.7 Å². The number of ether oxygens (including phenoxy) is 2. The average Bonchev–Trinajstić information content (AvgIpc) is 2.52. The van der Waals surface area contributed by atoms with E-state index in [1.54, 1.807) is 6.92 Å². The highest BCUT2D eigenvalue weighted by Crippen LogP contribution is 2.22. The molecule has 1 saturated heterocycles. The normalized spacial score (nSPS) is 20.0. The maximum atomic E-state index is 12.3. The van der Waals surface area contributed by atoms with Crippen LogP contribution in [0.3, 0.4) is 0 Å². The van der Waals surface area contributed by atoms with E-state index in [1.807, 2.05) is 0 Å². The molecule has 1 aliphatic heterocycles. The fraction of sp³-hybridized carbons (Fsp3) is 0.643. The molecular weight excluding hydrogens is 296 g/mol. The van der Waals surface area contributed by atoms with Crippen molar-refractivity contribution < 1.29 is 14.3 Å². The molecule has 0 saturated carbocycles. The van der Waals surface area contributed by atoms with Gasteiger partial charge in [0.2, 0.25) is 0 Å². The summed E-state index contributed by atoms with van der Waals surface area (Å²) in [7, 11) is 1.33. The molecular formula is C14H19ClN2O4. The van der Waals surface area contributed by atoms with E-state index in [2.05, 4.69) is 9.84 Å². The Labute approximate surface area is 128 Å². The zero-order valence-corrected chi connectivity index (χ0v) is 12.9. The number of carbonyl (C=O) groups is 1. The minimum absolute atomic E-state index is 0.0925. The molecule has 1 fully saturated rings. The molecule has 0 N–H and O–H groups in total. The molecule has 0 radical (unpaired) electrons. The summed E-state index contributed by atoms with van der Waals surface area (Å²) >= 11 is 6.13. The maximum absolute atomic E-state index is 12.3. The van der Waals surface area contributed by atoms with Gasteiger partial charge in [-0.25, -0.2) is 0 Å². The van der Waals surface area contributed by atoms with E-state index < -0.39 is 0 Å². The van der Waals surface area contributed by atoms with E-state index in [0.29, 0.717) is 18.6 Å². The van der Waals surface area contributed by atoms with Crippen molar-refractivity contribution in [2.45, 2.75) is 38.8 Å². The van der Waals surface area contributed by atoms with E-state index in [-0.39, 0.29) is 28.7 Å². The lowest BCUT2D eigenvalue weighted by Gasteiger charge is -2.23. The van der Waals surface area contributed by atoms with Gasteiger partial charge in [0, 0.05) is 6.61 Å². The summed E-state index contributed by atoms with van der Waals surface area (Å²) in [5.41, 5.74) is 0.171. The van der Waals surface area contributed by atoms with Crippen LogP contribution < -0.4 is 5.56 Å². The molecule has 7 heteroatoms. The molecule has 0 aromatic carbocycles. The second-order valence-corrected chi connectivity index (χ2v) is 5.56. The predicted octanol–water partition coefficient (Wildman–Crippen LogP) is 1.95. The second kappa shape index (κ2) is 7.04. The fourth-order valence-corrected chi connectivity index (χ4v) is 2.57. The van der Waals surface area contributed by atoms with Crippen molar-refractivity contribution in [1.82, 2.24) is 9.78 Å². The van der Waals surface area contributed by atoms with E-state index in [9.17, 15) is 9.59 Å². The molecule has 0 spiro atoms. The SMILES string of the molecule is COC(=O)[C@@H](C)Cc1cnn(C2CCCCO2)c(=O)c1Cl. The van der Waals surface area contributed by atoms with Crippen molar-refractivity contribution in [3.63, 3.8) is 0 Å². The van der Waals surface area contributed by atoms with E-state index in [4.69, 9.17) is 16.3 Å². The summed E-state index contributed by atoms with van der Waals surface area (Å²) in [6, 6.07) is 0. The lowest BCUT2D eigenvalue weighted by atomic mass is 10.0. The summed E-state index contributed by atoms with van der Waals surface area (Å²) in [5.74, 6) is -0.721. The topological polar surface area (TPSA) is 70.4 Å². The lowest BCUT2D eigenvalue weighted by Crippen LogP contribution is -2.32. The summed E-state index contributed by atoms with van der Waals surface area (Å²) in [5, 5.41) is 4.24. The van der Waals surface area contributed by atoms with Gasteiger partial charge in [0.1, 0.15) is 5.02 Å². The number of esters is 1. The third-order valence-corrected chi connectivity index (χ3v) is 3.98. The molecule has 0 aliphatic carbocycles. The van der Waals surface area contributed by atoms with Crippen LogP contribution in [0.25, 0.3) is 0 Å². The van der Waals surface area contributed by atoms with Gasteiger partial charge in [-0.05, 0) is 31.2 Å². The van der Waals surface area contributed by atoms with E-state index in [0.717, 1.165) is 19.3 Å². The first-order chi connectivity index (χ1) is 10.0. The molecule has 1 aromatic heterocycles. The van der Waals surface area contributed by atoms with Crippen molar-refractivity contribution in [3.05, 3.63) is 27.1 Å². The van der Waals surface area contributed by atoms with Crippen molar-refractivity contribution in [2.75, 3.05) is 13.7 Å². The van der Waals surface area contributed by atoms with Gasteiger partial charge < -0.3 is 9.47 Å². The molecule has 6 nitrogen and oxygen atoms in total. The first kappa shape index (κ1) is 16.0. The molecule has 1 unspecified atom stereocenters. The smallest absolute Gasteiger partial charge is 0.308 e. The second-order valence-electron chi connectivity index (χ2n) is 5.18. The molecule has 1 aromatic rings. The maximum Gasteiger partial charge on any atom is 0.308 e. The Morgan fingerprint density at radius 2 is 2.38 bits per heavy atom. The quantitative estimate of drug-likeness (QED) is 0.794. The van der Waals surface area contributed by atoms with Gasteiger partial charge in [0.05, 0.1) is 19.2 Å². The molecule has 21 heavy (non-hydrogen) atoms. The number of halogens is 1. The monoisotopic (exact) mass is 314 g/mol. The van der Waals surface area contributed by atoms with Crippen LogP contribution in [0, 0.1) is 5.92 Å². The van der Waals surface area contributed by atoms with Crippen LogP contribution in [0.2, 0.25) is 5.02 Å². The van der Waals surface area contributed by atoms with Crippen LogP contribution in [0.1, 0.15) is 38.0 Å². The number of hydrogen-bond acceptors (Lipinski definition) is 5. The standard InChI is InChI=1S/C14H19ClN2O4/c1-9(14(19)20-2)7-10-8-16-17(13(18)12(10)15)11-5-3-4-6-21-11/h8-9,11H,3-7H2,1-2H3/t9-,11?/m0/s1. The van der Waals surface area contributed by atoms with Gasteiger partial charge in [-0.3, -0.25) is 9.59 Å². The molecule has 2 heterocycles. The number of nitrogens with zero attached hydrogens (tertiary/aromatic N) is 2. The minimum atomic E-state index is -0.379. The third kappa shape index (κ3) is 3.63. The Balaban J connectivity index is 2.21. The van der Waals surface area contributed by atoms with Crippen molar-refractivity contribution in [1.29, 1.82) is 0 Å². The van der Waals surface area contributed by atoms with E-state index >= 15 is 0 Å². The largest absolute Gasteiger partial charge is 0.469 e. The van der Waals surface area contributed by atoms with Crippen molar-refractivity contribution in [3.8, 4) is 0 Å². The zero-order chi connectivity index (χ0) is 15.4. The first-order valence-electron chi connectivity index (χ1n) is 7.00. The fourth-order valence-electron chi connectivity index (χ4n) is 2.36. The van der Waals surface area contributed by atoms with Crippen LogP contribution in [0.4, 0.5) is 0 Å². The molecule has 0 amide bonds. The third-order valence-electron chi connectivity index (χ3n) is 3.57. The van der Waals surface area contributed by atoms with Crippen molar-refractivity contribution in [2.24, 2.45) is 5.92 Å². The van der Waals surface area contributed by atoms with Gasteiger partial charge in [-0.1, -0.05) is 18.5 Å². The number of aromatic nitrogens is 2. The van der Waals surface area contributed by atoms with Gasteiger partial charge in [0.25, 0.3) is 5.56 Å². The molecule has 1 aliphatic rings. The first-order valence-corrected chi connectivity index (χ1v) is 7.38. The lowest BCUT2D eigenvalue weighted by molar-refractivity contribution is -0.144. The Hall–Kier alpha value is -1.40. The number of carbonyl (C=O) groups excluding carboxylic acids is 1. The molecule has 2 rings (SSSR count). The number of hydrogen-bond donors (Lipinski definition) is 0. The molecule has 116 valence electrons. The predicted molar refractivity (Wildman–Crippen MR) is 77.2 cm³/mol. The number of methoxy groups -OCH3 is 1. The number of rotatable bonds is 4. The van der Waals surface area contributed by atoms with Gasteiger partial charge >= 0.3 is 5.97 Å². The minimum Gasteiger partial charge on any atom is -0.469 e. The van der Waals surface area contributed by atoms with Crippen LogP contribution in [-0.4, -0.2) is 29.5 Å². The Morgan fingerprint density at radius 1 is 1.62 bits per heavy atom. The Bertz CT molecular complexity index is 567. The van der Waals surface area contributed by atoms with Gasteiger partial charge in [0.15, 0.2) is 6.23 Å². The Kier molecular flexibility index (Phi) is 5.36. The Morgan fingerprint density at radius 3 is 3.00 bits per heavy atom. The van der Waals surface area contributed by atoms with Crippen LogP contribution in [0.5, 0.6) is 0 Å². The van der Waals surface area contributed by atoms with Crippen LogP contribution in [0.15, 0.2) is 11.0 Å². The summed E-state index contributed by atoms with van der Waals surface area (Å²) < 4.78 is 11.5. The van der Waals surface area contributed by atoms with E-state index in [1.165, 1.54) is 18.0 Å². The van der Waals surface area contributed by atoms with Gasteiger partial charge in [-0.15, -0.1) is 0 Å². The molecule has 0 bridgehead atoms. The van der Waals surface area contributed by atoms with Crippen LogP contribution >= 0.6 is 11.6 Å². The molecule has 2 atom stereocenters. The summed E-state index contributed by atoms with van der Waals surface area (Å²) in [6.45, 7) is 2.34. The summed E-state index contributed by atoms with van der Waals surface area (Å²) in [4.78, 5) is 23.7. The average molecular weight is 315 g/mol. The highest BCUT2D eigenvalue weighted by molar-refractivity contribution is 6.31. The highest BCUT2D eigenvalue weighted by atomic mass is 35.5. The zero-order valence-electron chi connectivity index (χ0n) is 12.2. The van der Waals surface area contributed by atoms with Gasteiger partial charge in [-0.2, -0.15) is 9.78 Å².